The Bertz CT molecular complexity index is 1260. The second kappa shape index (κ2) is 11.6. The molecule has 1 unspecified atom stereocenters. The number of rotatable bonds is 8. The Morgan fingerprint density at radius 3 is 2.35 bits per heavy atom. The molecule has 0 aromatic heterocycles. The summed E-state index contributed by atoms with van der Waals surface area (Å²) < 4.78 is 55.2. The van der Waals surface area contributed by atoms with Gasteiger partial charge in [-0.15, -0.1) is 0 Å². The molecule has 3 aromatic rings. The molecule has 0 amide bonds. The number of aliphatic hydroxyl groups excluding tert-OH is 1. The minimum atomic E-state index is -0.910. The van der Waals surface area contributed by atoms with Crippen LogP contribution in [-0.4, -0.2) is 23.8 Å². The van der Waals surface area contributed by atoms with Crippen LogP contribution in [0.4, 0.5) is 13.2 Å². The summed E-state index contributed by atoms with van der Waals surface area (Å²) in [4.78, 5) is 12.5. The van der Waals surface area contributed by atoms with Crippen molar-refractivity contribution in [3.05, 3.63) is 101 Å². The fourth-order valence-electron chi connectivity index (χ4n) is 4.66. The lowest BCUT2D eigenvalue weighted by Gasteiger charge is -2.29. The third-order valence-corrected chi connectivity index (χ3v) is 6.73. The number of carbonyl (C=O) groups is 1. The highest BCUT2D eigenvalue weighted by Gasteiger charge is 2.29. The number of ether oxygens (including phenoxy) is 2. The molecule has 7 heteroatoms. The van der Waals surface area contributed by atoms with Gasteiger partial charge in [-0.25, -0.2) is 18.0 Å². The van der Waals surface area contributed by atoms with Crippen LogP contribution in [0.5, 0.6) is 5.75 Å². The van der Waals surface area contributed by atoms with E-state index in [4.69, 9.17) is 9.47 Å². The number of esters is 1. The molecule has 1 fully saturated rings. The Balaban J connectivity index is 1.38. The maximum atomic E-state index is 15.1. The fraction of sp³-hybridized carbons (Fsp3) is 0.300. The molecule has 0 aliphatic heterocycles. The van der Waals surface area contributed by atoms with Crippen LogP contribution in [0.1, 0.15) is 66.1 Å². The molecular formula is C30H29F3O4. The third-order valence-electron chi connectivity index (χ3n) is 6.73. The molecule has 1 saturated carbocycles. The monoisotopic (exact) mass is 510 g/mol. The van der Waals surface area contributed by atoms with Crippen molar-refractivity contribution in [1.29, 1.82) is 0 Å². The number of aliphatic hydroxyl groups is 1. The molecule has 1 atom stereocenters. The molecule has 194 valence electrons. The molecule has 1 N–H and O–H groups in total. The number of halogens is 3. The fourth-order valence-corrected chi connectivity index (χ4v) is 4.66. The van der Waals surface area contributed by atoms with Crippen LogP contribution in [0.15, 0.2) is 67.3 Å². The number of benzene rings is 3. The average molecular weight is 511 g/mol. The van der Waals surface area contributed by atoms with Crippen LogP contribution >= 0.6 is 0 Å². The molecule has 1 aliphatic carbocycles. The number of hydrogen-bond acceptors (Lipinski definition) is 4. The van der Waals surface area contributed by atoms with Crippen molar-refractivity contribution >= 4 is 5.97 Å². The molecule has 0 radical (unpaired) electrons. The van der Waals surface area contributed by atoms with E-state index in [1.807, 2.05) is 0 Å². The lowest BCUT2D eigenvalue weighted by Crippen LogP contribution is -2.24. The summed E-state index contributed by atoms with van der Waals surface area (Å²) in [6.07, 6.45) is 2.39. The van der Waals surface area contributed by atoms with Crippen LogP contribution in [0.25, 0.3) is 11.1 Å². The first-order chi connectivity index (χ1) is 17.8. The van der Waals surface area contributed by atoms with Crippen LogP contribution in [0, 0.1) is 17.5 Å². The van der Waals surface area contributed by atoms with Crippen molar-refractivity contribution in [2.45, 2.75) is 50.7 Å². The number of hydrogen-bond donors (Lipinski definition) is 1. The summed E-state index contributed by atoms with van der Waals surface area (Å²) in [6.45, 7) is 5.38. The SMILES string of the molecule is C=CCOc1ccc(C(=O)OC2CCC(c3ccc(-c4ccc(C(C)O)cc4)c(F)c3F)CC2)c(F)c1. The quantitative estimate of drug-likeness (QED) is 0.256. The van der Waals surface area contributed by atoms with Gasteiger partial charge >= 0.3 is 5.97 Å². The van der Waals surface area contributed by atoms with E-state index in [-0.39, 0.29) is 29.4 Å². The minimum absolute atomic E-state index is 0.156. The topological polar surface area (TPSA) is 55.8 Å². The molecule has 0 saturated heterocycles. The van der Waals surface area contributed by atoms with Gasteiger partial charge in [-0.2, -0.15) is 0 Å². The Labute approximate surface area is 214 Å². The zero-order chi connectivity index (χ0) is 26.5. The summed E-state index contributed by atoms with van der Waals surface area (Å²) in [7, 11) is 0. The van der Waals surface area contributed by atoms with Crippen LogP contribution in [-0.2, 0) is 4.74 Å². The third kappa shape index (κ3) is 6.05. The van der Waals surface area contributed by atoms with Crippen molar-refractivity contribution in [1.82, 2.24) is 0 Å². The Morgan fingerprint density at radius 1 is 1.03 bits per heavy atom. The Morgan fingerprint density at radius 2 is 1.73 bits per heavy atom. The first-order valence-corrected chi connectivity index (χ1v) is 12.3. The maximum Gasteiger partial charge on any atom is 0.341 e. The predicted octanol–water partition coefficient (Wildman–Crippen LogP) is 7.27. The van der Waals surface area contributed by atoms with E-state index in [9.17, 15) is 18.7 Å². The van der Waals surface area contributed by atoms with Crippen molar-refractivity contribution in [2.75, 3.05) is 6.61 Å². The molecule has 37 heavy (non-hydrogen) atoms. The van der Waals surface area contributed by atoms with Gasteiger partial charge in [0.25, 0.3) is 0 Å². The van der Waals surface area contributed by atoms with Crippen LogP contribution < -0.4 is 4.74 Å². The van der Waals surface area contributed by atoms with Crippen molar-refractivity contribution in [2.24, 2.45) is 0 Å². The Hall–Kier alpha value is -3.58. The van der Waals surface area contributed by atoms with E-state index in [0.29, 0.717) is 42.4 Å². The van der Waals surface area contributed by atoms with E-state index in [1.54, 1.807) is 43.3 Å². The minimum Gasteiger partial charge on any atom is -0.489 e. The van der Waals surface area contributed by atoms with Gasteiger partial charge in [0.2, 0.25) is 0 Å². The Kier molecular flexibility index (Phi) is 8.34. The summed E-state index contributed by atoms with van der Waals surface area (Å²) >= 11 is 0. The van der Waals surface area contributed by atoms with Gasteiger partial charge in [0.15, 0.2) is 11.6 Å². The molecule has 0 spiro atoms. The highest BCUT2D eigenvalue weighted by molar-refractivity contribution is 5.90. The normalized spacial score (nSPS) is 18.2. The molecule has 4 nitrogen and oxygen atoms in total. The molecule has 4 rings (SSSR count). The van der Waals surface area contributed by atoms with E-state index in [0.717, 1.165) is 6.07 Å². The summed E-state index contributed by atoms with van der Waals surface area (Å²) in [5, 5.41) is 9.65. The molecule has 0 heterocycles. The van der Waals surface area contributed by atoms with E-state index in [1.165, 1.54) is 18.2 Å². The predicted molar refractivity (Wildman–Crippen MR) is 135 cm³/mol. The van der Waals surface area contributed by atoms with Gasteiger partial charge < -0.3 is 14.6 Å². The van der Waals surface area contributed by atoms with Gasteiger partial charge in [0, 0.05) is 11.6 Å². The highest BCUT2D eigenvalue weighted by Crippen LogP contribution is 2.38. The van der Waals surface area contributed by atoms with Crippen LogP contribution in [0.3, 0.4) is 0 Å². The second-order valence-electron chi connectivity index (χ2n) is 9.25. The smallest absolute Gasteiger partial charge is 0.341 e. The summed E-state index contributed by atoms with van der Waals surface area (Å²) in [5.74, 6) is -3.22. The first-order valence-electron chi connectivity index (χ1n) is 12.3. The second-order valence-corrected chi connectivity index (χ2v) is 9.25. The lowest BCUT2D eigenvalue weighted by atomic mass is 9.82. The van der Waals surface area contributed by atoms with Gasteiger partial charge in [-0.05, 0) is 67.3 Å². The standard InChI is InChI=1S/C30H29F3O4/c1-3-16-36-23-12-13-26(27(31)17-23)30(35)37-22-10-8-21(9-11-22)25-15-14-24(28(32)29(25)33)20-6-4-19(5-7-20)18(2)34/h3-7,12-15,17-18,21-22,34H,1,8-11,16H2,2H3. The number of carbonyl (C=O) groups excluding carboxylic acids is 1. The first kappa shape index (κ1) is 26.5. The van der Waals surface area contributed by atoms with Gasteiger partial charge in [0.1, 0.15) is 24.3 Å². The lowest BCUT2D eigenvalue weighted by molar-refractivity contribution is 0.0189. The van der Waals surface area contributed by atoms with Crippen molar-refractivity contribution in [3.8, 4) is 16.9 Å². The van der Waals surface area contributed by atoms with Crippen molar-refractivity contribution < 1.29 is 32.5 Å². The van der Waals surface area contributed by atoms with E-state index in [2.05, 4.69) is 6.58 Å². The largest absolute Gasteiger partial charge is 0.489 e. The molecular weight excluding hydrogens is 481 g/mol. The molecule has 3 aromatic carbocycles. The van der Waals surface area contributed by atoms with Crippen molar-refractivity contribution in [3.63, 3.8) is 0 Å². The zero-order valence-corrected chi connectivity index (χ0v) is 20.6. The van der Waals surface area contributed by atoms with Gasteiger partial charge in [-0.3, -0.25) is 0 Å². The highest BCUT2D eigenvalue weighted by atomic mass is 19.2. The zero-order valence-electron chi connectivity index (χ0n) is 20.6. The van der Waals surface area contributed by atoms with E-state index < -0.39 is 35.6 Å². The van der Waals surface area contributed by atoms with Gasteiger partial charge in [-0.1, -0.05) is 49.1 Å². The van der Waals surface area contributed by atoms with E-state index >= 15 is 4.39 Å². The average Bonchev–Trinajstić information content (AvgIpc) is 2.89. The van der Waals surface area contributed by atoms with Gasteiger partial charge in [0.05, 0.1) is 11.7 Å². The van der Waals surface area contributed by atoms with Crippen LogP contribution in [0.2, 0.25) is 0 Å². The molecule has 1 aliphatic rings. The maximum absolute atomic E-state index is 15.1. The summed E-state index contributed by atoms with van der Waals surface area (Å²) in [5.41, 5.74) is 1.49. The molecule has 0 bridgehead atoms. The summed E-state index contributed by atoms with van der Waals surface area (Å²) in [6, 6.07) is 13.8.